The van der Waals surface area contributed by atoms with Crippen LogP contribution in [0.25, 0.3) is 0 Å². The molecule has 0 aliphatic carbocycles. The maximum Gasteiger partial charge on any atom is 0.307 e. The van der Waals surface area contributed by atoms with Crippen molar-refractivity contribution in [3.8, 4) is 0 Å². The first kappa shape index (κ1) is 19.9. The van der Waals surface area contributed by atoms with E-state index in [9.17, 15) is 18.3 Å². The Hall–Kier alpha value is -1.81. The molecule has 2 heterocycles. The van der Waals surface area contributed by atoms with Gasteiger partial charge in [-0.1, -0.05) is 30.3 Å². The number of carbonyl (C=O) groups is 1. The van der Waals surface area contributed by atoms with Crippen LogP contribution < -0.4 is 0 Å². The quantitative estimate of drug-likeness (QED) is 0.759. The lowest BCUT2D eigenvalue weighted by Crippen LogP contribution is -2.48. The van der Waals surface area contributed by atoms with Gasteiger partial charge in [-0.3, -0.25) is 4.79 Å². The molecule has 1 aliphatic heterocycles. The first-order chi connectivity index (χ1) is 12.9. The number of aliphatic carboxylic acids is 1. The van der Waals surface area contributed by atoms with E-state index in [4.69, 9.17) is 0 Å². The molecule has 146 valence electrons. The van der Waals surface area contributed by atoms with Crippen molar-refractivity contribution < 1.29 is 18.3 Å². The second kappa shape index (κ2) is 8.47. The number of rotatable bonds is 7. The van der Waals surface area contributed by atoms with Gasteiger partial charge in [0.25, 0.3) is 10.2 Å². The molecule has 0 saturated carbocycles. The number of nitrogens with zero attached hydrogens (tertiary/aromatic N) is 3. The number of aromatic nitrogens is 1. The Balaban J connectivity index is 1.88. The van der Waals surface area contributed by atoms with Crippen molar-refractivity contribution in [2.24, 2.45) is 5.92 Å². The summed E-state index contributed by atoms with van der Waals surface area (Å²) in [6.45, 7) is 2.68. The van der Waals surface area contributed by atoms with Gasteiger partial charge in [-0.2, -0.15) is 17.0 Å². The Bertz CT molecular complexity index is 883. The van der Waals surface area contributed by atoms with Gasteiger partial charge in [-0.05, 0) is 25.3 Å². The van der Waals surface area contributed by atoms with E-state index in [0.29, 0.717) is 19.4 Å². The largest absolute Gasteiger partial charge is 0.481 e. The fourth-order valence-corrected chi connectivity index (χ4v) is 5.69. The Morgan fingerprint density at radius 3 is 2.70 bits per heavy atom. The van der Waals surface area contributed by atoms with Gasteiger partial charge >= 0.3 is 5.97 Å². The third kappa shape index (κ3) is 4.73. The predicted octanol–water partition coefficient (Wildman–Crippen LogP) is 2.50. The maximum atomic E-state index is 13.3. The normalized spacial score (nSPS) is 18.7. The van der Waals surface area contributed by atoms with Gasteiger partial charge in [0.15, 0.2) is 0 Å². The molecule has 1 N–H and O–H groups in total. The molecular weight excluding hydrogens is 386 g/mol. The Labute approximate surface area is 163 Å². The van der Waals surface area contributed by atoms with E-state index < -0.39 is 22.1 Å². The van der Waals surface area contributed by atoms with E-state index in [-0.39, 0.29) is 19.6 Å². The van der Waals surface area contributed by atoms with Crippen molar-refractivity contribution in [1.82, 2.24) is 13.6 Å². The van der Waals surface area contributed by atoms with Crippen LogP contribution in [-0.2, 0) is 28.1 Å². The van der Waals surface area contributed by atoms with E-state index in [1.807, 2.05) is 37.3 Å². The van der Waals surface area contributed by atoms with Crippen LogP contribution in [0.2, 0.25) is 0 Å². The number of carboxylic acid groups (broad SMARTS) is 1. The van der Waals surface area contributed by atoms with Gasteiger partial charge in [-0.15, -0.1) is 11.3 Å². The van der Waals surface area contributed by atoms with Crippen molar-refractivity contribution in [2.75, 3.05) is 13.1 Å². The molecule has 0 radical (unpaired) electrons. The molecule has 27 heavy (non-hydrogen) atoms. The van der Waals surface area contributed by atoms with E-state index in [1.54, 1.807) is 5.51 Å². The Kier molecular flexibility index (Phi) is 6.25. The highest BCUT2D eigenvalue weighted by Gasteiger charge is 2.36. The van der Waals surface area contributed by atoms with E-state index in [0.717, 1.165) is 16.1 Å². The average Bonchev–Trinajstić information content (AvgIpc) is 3.07. The molecule has 0 bridgehead atoms. The van der Waals surface area contributed by atoms with E-state index in [2.05, 4.69) is 4.98 Å². The van der Waals surface area contributed by atoms with Crippen LogP contribution in [0.15, 0.2) is 35.8 Å². The van der Waals surface area contributed by atoms with Crippen LogP contribution in [0.1, 0.15) is 29.0 Å². The summed E-state index contributed by atoms with van der Waals surface area (Å²) in [4.78, 5) is 16.4. The number of hydrogen-bond donors (Lipinski definition) is 1. The van der Waals surface area contributed by atoms with Crippen LogP contribution >= 0.6 is 11.3 Å². The smallest absolute Gasteiger partial charge is 0.307 e. The van der Waals surface area contributed by atoms with Crippen molar-refractivity contribution in [3.05, 3.63) is 52.0 Å². The summed E-state index contributed by atoms with van der Waals surface area (Å²) in [5.74, 6) is -1.60. The molecule has 1 aromatic heterocycles. The minimum Gasteiger partial charge on any atom is -0.481 e. The summed E-state index contributed by atoms with van der Waals surface area (Å²) in [5.41, 5.74) is 3.41. The van der Waals surface area contributed by atoms with Gasteiger partial charge in [-0.25, -0.2) is 4.98 Å². The first-order valence-corrected chi connectivity index (χ1v) is 11.1. The number of aryl methyl sites for hydroxylation is 1. The monoisotopic (exact) mass is 409 g/mol. The molecule has 0 amide bonds. The third-order valence-corrected chi connectivity index (χ3v) is 7.57. The van der Waals surface area contributed by atoms with Crippen LogP contribution in [0.4, 0.5) is 0 Å². The van der Waals surface area contributed by atoms with Gasteiger partial charge in [0.2, 0.25) is 0 Å². The molecule has 1 unspecified atom stereocenters. The highest BCUT2D eigenvalue weighted by molar-refractivity contribution is 7.86. The fourth-order valence-electron chi connectivity index (χ4n) is 3.16. The number of hydrogen-bond acceptors (Lipinski definition) is 5. The van der Waals surface area contributed by atoms with E-state index in [1.165, 1.54) is 19.9 Å². The molecule has 3 rings (SSSR count). The average molecular weight is 410 g/mol. The summed E-state index contributed by atoms with van der Waals surface area (Å²) in [6, 6.07) is 9.41. The molecule has 1 saturated heterocycles. The Morgan fingerprint density at radius 2 is 2.07 bits per heavy atom. The SMILES string of the molecule is Cc1ncsc1CN(Cc1ccccc1)S(=O)(=O)N1CCCC(C(=O)O)C1. The third-order valence-electron chi connectivity index (χ3n) is 4.75. The topological polar surface area (TPSA) is 90.8 Å². The first-order valence-electron chi connectivity index (χ1n) is 8.79. The summed E-state index contributed by atoms with van der Waals surface area (Å²) in [7, 11) is -3.80. The molecular formula is C18H23N3O4S2. The van der Waals surface area contributed by atoms with Crippen LogP contribution in [0, 0.1) is 12.8 Å². The van der Waals surface area contributed by atoms with Gasteiger partial charge in [0, 0.05) is 24.5 Å². The van der Waals surface area contributed by atoms with Crippen LogP contribution in [0.5, 0.6) is 0 Å². The van der Waals surface area contributed by atoms with Crippen molar-refractivity contribution in [1.29, 1.82) is 0 Å². The number of carboxylic acids is 1. The second-order valence-corrected chi connectivity index (χ2v) is 9.53. The van der Waals surface area contributed by atoms with Crippen LogP contribution in [-0.4, -0.2) is 46.2 Å². The summed E-state index contributed by atoms with van der Waals surface area (Å²) in [6.07, 6.45) is 1.06. The highest BCUT2D eigenvalue weighted by atomic mass is 32.2. The minimum atomic E-state index is -3.80. The predicted molar refractivity (Wildman–Crippen MR) is 103 cm³/mol. The zero-order valence-corrected chi connectivity index (χ0v) is 16.7. The summed E-state index contributed by atoms with van der Waals surface area (Å²) >= 11 is 1.43. The summed E-state index contributed by atoms with van der Waals surface area (Å²) < 4.78 is 29.4. The lowest BCUT2D eigenvalue weighted by molar-refractivity contribution is -0.142. The molecule has 1 atom stereocenters. The molecule has 1 fully saturated rings. The van der Waals surface area contributed by atoms with Crippen LogP contribution in [0.3, 0.4) is 0 Å². The molecule has 1 aromatic carbocycles. The number of benzene rings is 1. The Morgan fingerprint density at radius 1 is 1.33 bits per heavy atom. The van der Waals surface area contributed by atoms with Gasteiger partial charge in [0.05, 0.1) is 23.7 Å². The molecule has 2 aromatic rings. The molecule has 1 aliphatic rings. The number of piperidine rings is 1. The van der Waals surface area contributed by atoms with Gasteiger partial charge in [0.1, 0.15) is 0 Å². The van der Waals surface area contributed by atoms with E-state index >= 15 is 0 Å². The standard InChI is InChI=1S/C18H23N3O4S2/c1-14-17(26-13-19-14)12-21(10-15-6-3-2-4-7-15)27(24,25)20-9-5-8-16(11-20)18(22)23/h2-4,6-7,13,16H,5,8-12H2,1H3,(H,22,23). The number of thiazole rings is 1. The summed E-state index contributed by atoms with van der Waals surface area (Å²) in [5, 5.41) is 9.30. The zero-order valence-electron chi connectivity index (χ0n) is 15.1. The second-order valence-electron chi connectivity index (χ2n) is 6.66. The highest BCUT2D eigenvalue weighted by Crippen LogP contribution is 2.25. The molecule has 7 nitrogen and oxygen atoms in total. The van der Waals surface area contributed by atoms with Crippen molar-refractivity contribution in [3.63, 3.8) is 0 Å². The van der Waals surface area contributed by atoms with Crippen molar-refractivity contribution >= 4 is 27.5 Å². The van der Waals surface area contributed by atoms with Crippen molar-refractivity contribution in [2.45, 2.75) is 32.9 Å². The lowest BCUT2D eigenvalue weighted by Gasteiger charge is -2.34. The lowest BCUT2D eigenvalue weighted by atomic mass is 10.0. The van der Waals surface area contributed by atoms with Gasteiger partial charge < -0.3 is 5.11 Å². The molecule has 0 spiro atoms. The fraction of sp³-hybridized carbons (Fsp3) is 0.444. The minimum absolute atomic E-state index is 0.0185. The zero-order chi connectivity index (χ0) is 19.4. The maximum absolute atomic E-state index is 13.3. The molecule has 9 heteroatoms.